The highest BCUT2D eigenvalue weighted by Crippen LogP contribution is 2.66. The minimum absolute atomic E-state index is 0.193. The van der Waals surface area contributed by atoms with E-state index in [4.69, 9.17) is 14.2 Å². The zero-order chi connectivity index (χ0) is 15.6. The smallest absolute Gasteiger partial charge is 0.123 e. The van der Waals surface area contributed by atoms with Crippen molar-refractivity contribution in [3.8, 4) is 11.5 Å². The summed E-state index contributed by atoms with van der Waals surface area (Å²) in [5, 5.41) is 0. The third kappa shape index (κ3) is 1.68. The topological polar surface area (TPSA) is 27.7 Å². The van der Waals surface area contributed by atoms with E-state index in [1.54, 1.807) is 14.2 Å². The fraction of sp³-hybridized carbons (Fsp3) is 0.300. The lowest BCUT2D eigenvalue weighted by Crippen LogP contribution is -2.29. The summed E-state index contributed by atoms with van der Waals surface area (Å²) in [4.78, 5) is 0. The van der Waals surface area contributed by atoms with Gasteiger partial charge in [-0.2, -0.15) is 0 Å². The summed E-state index contributed by atoms with van der Waals surface area (Å²) in [5.41, 5.74) is 5.27. The molecule has 116 valence electrons. The molecule has 2 bridgehead atoms. The van der Waals surface area contributed by atoms with E-state index in [2.05, 4.69) is 42.5 Å². The fourth-order valence-corrected chi connectivity index (χ4v) is 4.32. The van der Waals surface area contributed by atoms with Gasteiger partial charge in [0.2, 0.25) is 0 Å². The maximum Gasteiger partial charge on any atom is 0.123 e. The van der Waals surface area contributed by atoms with Gasteiger partial charge < -0.3 is 14.2 Å². The molecule has 0 radical (unpaired) electrons. The fourth-order valence-electron chi connectivity index (χ4n) is 4.32. The number of hydrogen-bond acceptors (Lipinski definition) is 3. The van der Waals surface area contributed by atoms with E-state index in [0.717, 1.165) is 11.5 Å². The SMILES string of the molecule is COc1cc(OC)cc(C2=C[C@H]3[C@@H]2[C@H]2O[C@@H]3c3ccccc32)c1. The van der Waals surface area contributed by atoms with E-state index in [-0.39, 0.29) is 12.2 Å². The van der Waals surface area contributed by atoms with Crippen LogP contribution >= 0.6 is 0 Å². The molecule has 1 fully saturated rings. The lowest BCUT2D eigenvalue weighted by molar-refractivity contribution is 0.0626. The van der Waals surface area contributed by atoms with Crippen molar-refractivity contribution in [2.75, 3.05) is 14.2 Å². The molecule has 0 N–H and O–H groups in total. The Morgan fingerprint density at radius 3 is 2.17 bits per heavy atom. The largest absolute Gasteiger partial charge is 0.497 e. The second-order valence-corrected chi connectivity index (χ2v) is 6.43. The molecule has 1 saturated heterocycles. The Kier molecular flexibility index (Phi) is 2.65. The zero-order valence-corrected chi connectivity index (χ0v) is 13.2. The van der Waals surface area contributed by atoms with Crippen LogP contribution < -0.4 is 9.47 Å². The van der Waals surface area contributed by atoms with Crippen molar-refractivity contribution >= 4 is 5.57 Å². The average Bonchev–Trinajstić information content (AvgIpc) is 3.06. The van der Waals surface area contributed by atoms with Gasteiger partial charge >= 0.3 is 0 Å². The predicted molar refractivity (Wildman–Crippen MR) is 87.5 cm³/mol. The van der Waals surface area contributed by atoms with Gasteiger partial charge in [-0.25, -0.2) is 0 Å². The summed E-state index contributed by atoms with van der Waals surface area (Å²) in [6, 6.07) is 14.7. The standard InChI is InChI=1S/C20H18O3/c1-21-12-7-11(8-13(9-12)22-2)16-10-17-18(16)20-15-6-4-3-5-14(15)19(17)23-20/h3-10,17-20H,1-2H3/t17-,18+,19+,20-/m0/s1. The number of hydrogen-bond donors (Lipinski definition) is 0. The molecule has 0 unspecified atom stereocenters. The van der Waals surface area contributed by atoms with Gasteiger partial charge in [0.25, 0.3) is 0 Å². The van der Waals surface area contributed by atoms with Crippen molar-refractivity contribution in [3.63, 3.8) is 0 Å². The highest BCUT2D eigenvalue weighted by molar-refractivity contribution is 5.77. The number of methoxy groups -OCH3 is 2. The minimum Gasteiger partial charge on any atom is -0.497 e. The highest BCUT2D eigenvalue weighted by Gasteiger charge is 2.56. The maximum atomic E-state index is 6.28. The van der Waals surface area contributed by atoms with E-state index < -0.39 is 0 Å². The molecule has 4 atom stereocenters. The predicted octanol–water partition coefficient (Wildman–Crippen LogP) is 4.16. The van der Waals surface area contributed by atoms with Crippen LogP contribution in [0.5, 0.6) is 11.5 Å². The molecule has 3 heteroatoms. The number of ether oxygens (including phenoxy) is 3. The Morgan fingerprint density at radius 1 is 0.870 bits per heavy atom. The summed E-state index contributed by atoms with van der Waals surface area (Å²) in [7, 11) is 3.38. The van der Waals surface area contributed by atoms with Crippen LogP contribution in [0.15, 0.2) is 48.5 Å². The summed E-state index contributed by atoms with van der Waals surface area (Å²) in [6.07, 6.45) is 2.79. The molecule has 2 aliphatic heterocycles. The highest BCUT2D eigenvalue weighted by atomic mass is 16.5. The lowest BCUT2D eigenvalue weighted by atomic mass is 9.63. The van der Waals surface area contributed by atoms with Crippen molar-refractivity contribution in [1.82, 2.24) is 0 Å². The molecule has 2 aromatic rings. The van der Waals surface area contributed by atoms with Crippen LogP contribution in [0.3, 0.4) is 0 Å². The normalized spacial score (nSPS) is 29.4. The molecule has 3 nitrogen and oxygen atoms in total. The van der Waals surface area contributed by atoms with E-state index in [9.17, 15) is 0 Å². The Hall–Kier alpha value is -2.26. The number of fused-ring (bicyclic) bond motifs is 8. The van der Waals surface area contributed by atoms with Gasteiger partial charge in [0.1, 0.15) is 11.5 Å². The molecule has 2 heterocycles. The van der Waals surface area contributed by atoms with Crippen molar-refractivity contribution in [1.29, 1.82) is 0 Å². The number of benzene rings is 2. The lowest BCUT2D eigenvalue weighted by Gasteiger charge is -2.38. The Bertz CT molecular complexity index is 801. The molecule has 0 spiro atoms. The van der Waals surface area contributed by atoms with Gasteiger partial charge in [-0.15, -0.1) is 0 Å². The first-order valence-corrected chi connectivity index (χ1v) is 7.99. The quantitative estimate of drug-likeness (QED) is 0.852. The van der Waals surface area contributed by atoms with Gasteiger partial charge in [-0.05, 0) is 34.4 Å². The molecule has 0 saturated carbocycles. The van der Waals surface area contributed by atoms with Crippen molar-refractivity contribution in [2.24, 2.45) is 11.8 Å². The Labute approximate surface area is 135 Å². The van der Waals surface area contributed by atoms with Crippen LogP contribution in [-0.4, -0.2) is 14.2 Å². The molecular formula is C20H18O3. The van der Waals surface area contributed by atoms with Crippen molar-refractivity contribution in [2.45, 2.75) is 12.2 Å². The number of rotatable bonds is 3. The van der Waals surface area contributed by atoms with Crippen LogP contribution in [0, 0.1) is 11.8 Å². The van der Waals surface area contributed by atoms with E-state index in [1.165, 1.54) is 22.3 Å². The van der Waals surface area contributed by atoms with E-state index in [1.807, 2.05) is 6.07 Å². The van der Waals surface area contributed by atoms with Gasteiger partial charge in [-0.1, -0.05) is 30.3 Å². The summed E-state index contributed by atoms with van der Waals surface area (Å²) in [6.45, 7) is 0. The first-order chi connectivity index (χ1) is 11.3. The molecule has 2 aromatic carbocycles. The molecule has 0 amide bonds. The van der Waals surface area contributed by atoms with Crippen LogP contribution in [0.2, 0.25) is 0 Å². The molecule has 3 aliphatic rings. The first kappa shape index (κ1) is 13.2. The Morgan fingerprint density at radius 2 is 1.52 bits per heavy atom. The van der Waals surface area contributed by atoms with Gasteiger partial charge in [-0.3, -0.25) is 0 Å². The average molecular weight is 306 g/mol. The summed E-state index contributed by atoms with van der Waals surface area (Å²) >= 11 is 0. The van der Waals surface area contributed by atoms with E-state index in [0.29, 0.717) is 11.8 Å². The maximum absolute atomic E-state index is 6.28. The summed E-state index contributed by atoms with van der Waals surface area (Å²) in [5.74, 6) is 2.61. The Balaban J connectivity index is 1.55. The summed E-state index contributed by atoms with van der Waals surface area (Å²) < 4.78 is 17.1. The zero-order valence-electron chi connectivity index (χ0n) is 13.2. The second kappa shape index (κ2) is 4.62. The van der Waals surface area contributed by atoms with Crippen molar-refractivity contribution in [3.05, 3.63) is 65.2 Å². The molecule has 1 aliphatic carbocycles. The third-order valence-corrected chi connectivity index (χ3v) is 5.41. The second-order valence-electron chi connectivity index (χ2n) is 6.43. The minimum atomic E-state index is 0.193. The molecular weight excluding hydrogens is 288 g/mol. The third-order valence-electron chi connectivity index (χ3n) is 5.41. The first-order valence-electron chi connectivity index (χ1n) is 7.99. The van der Waals surface area contributed by atoms with Gasteiger partial charge in [0.05, 0.1) is 26.4 Å². The van der Waals surface area contributed by atoms with E-state index >= 15 is 0 Å². The van der Waals surface area contributed by atoms with Crippen molar-refractivity contribution < 1.29 is 14.2 Å². The van der Waals surface area contributed by atoms with Crippen LogP contribution in [0.1, 0.15) is 28.9 Å². The molecule has 23 heavy (non-hydrogen) atoms. The molecule has 5 rings (SSSR count). The van der Waals surface area contributed by atoms with Crippen LogP contribution in [-0.2, 0) is 4.74 Å². The van der Waals surface area contributed by atoms with Crippen LogP contribution in [0.4, 0.5) is 0 Å². The van der Waals surface area contributed by atoms with Crippen LogP contribution in [0.25, 0.3) is 5.57 Å². The molecule has 0 aromatic heterocycles. The van der Waals surface area contributed by atoms with Gasteiger partial charge in [0, 0.05) is 17.9 Å². The monoisotopic (exact) mass is 306 g/mol. The van der Waals surface area contributed by atoms with Gasteiger partial charge in [0.15, 0.2) is 0 Å².